The normalized spacial score (nSPS) is 12.5. The standard InChI is InChI=1S/C18H13ClF3N3O3/c1-10(23-15(26)11-2-6-13(19)7-3-11)16-24-25-17(27-16)12-4-8-14(9-5-12)28-18(20,21)22/h2-10H,1H3,(H,23,26)/t10-/m1/s1. The Hall–Kier alpha value is -3.07. The van der Waals surface area contributed by atoms with Crippen LogP contribution in [0.3, 0.4) is 0 Å². The van der Waals surface area contributed by atoms with Crippen LogP contribution in [0.2, 0.25) is 5.02 Å². The molecular weight excluding hydrogens is 399 g/mol. The molecule has 3 rings (SSSR count). The van der Waals surface area contributed by atoms with Crippen molar-refractivity contribution in [2.24, 2.45) is 0 Å². The molecule has 0 saturated carbocycles. The molecule has 1 aromatic heterocycles. The number of nitrogens with zero attached hydrogens (tertiary/aromatic N) is 2. The van der Waals surface area contributed by atoms with E-state index in [-0.39, 0.29) is 23.4 Å². The molecule has 28 heavy (non-hydrogen) atoms. The number of nitrogens with one attached hydrogen (secondary N) is 1. The molecule has 0 radical (unpaired) electrons. The van der Waals surface area contributed by atoms with Gasteiger partial charge in [0, 0.05) is 16.1 Å². The van der Waals surface area contributed by atoms with Gasteiger partial charge in [-0.25, -0.2) is 0 Å². The molecule has 0 aliphatic rings. The largest absolute Gasteiger partial charge is 0.573 e. The minimum Gasteiger partial charge on any atom is -0.418 e. The number of benzene rings is 2. The van der Waals surface area contributed by atoms with Gasteiger partial charge in [-0.3, -0.25) is 4.79 Å². The topological polar surface area (TPSA) is 77.2 Å². The summed E-state index contributed by atoms with van der Waals surface area (Å²) in [5.41, 5.74) is 0.820. The zero-order valence-electron chi connectivity index (χ0n) is 14.3. The van der Waals surface area contributed by atoms with Crippen molar-refractivity contribution in [3.63, 3.8) is 0 Å². The van der Waals surface area contributed by atoms with E-state index < -0.39 is 12.4 Å². The van der Waals surface area contributed by atoms with Gasteiger partial charge < -0.3 is 14.5 Å². The summed E-state index contributed by atoms with van der Waals surface area (Å²) < 4.78 is 45.9. The molecule has 6 nitrogen and oxygen atoms in total. The summed E-state index contributed by atoms with van der Waals surface area (Å²) in [4.78, 5) is 12.2. The number of hydrogen-bond donors (Lipinski definition) is 1. The van der Waals surface area contributed by atoms with E-state index in [4.69, 9.17) is 16.0 Å². The minimum absolute atomic E-state index is 0.0983. The first-order chi connectivity index (χ1) is 13.2. The average Bonchev–Trinajstić information content (AvgIpc) is 3.12. The molecule has 1 N–H and O–H groups in total. The molecule has 0 aliphatic carbocycles. The van der Waals surface area contributed by atoms with Crippen molar-refractivity contribution >= 4 is 17.5 Å². The Kier molecular flexibility index (Phi) is 5.55. The van der Waals surface area contributed by atoms with Crippen LogP contribution in [-0.2, 0) is 0 Å². The number of carbonyl (C=O) groups excluding carboxylic acids is 1. The van der Waals surface area contributed by atoms with E-state index in [1.165, 1.54) is 12.1 Å². The monoisotopic (exact) mass is 411 g/mol. The molecule has 0 aliphatic heterocycles. The number of carbonyl (C=O) groups is 1. The van der Waals surface area contributed by atoms with Crippen LogP contribution in [0.25, 0.3) is 11.5 Å². The third-order valence-electron chi connectivity index (χ3n) is 3.60. The second-order valence-electron chi connectivity index (χ2n) is 5.72. The molecule has 146 valence electrons. The van der Waals surface area contributed by atoms with Crippen LogP contribution in [0.5, 0.6) is 5.75 Å². The van der Waals surface area contributed by atoms with Crippen molar-refractivity contribution in [1.82, 2.24) is 15.5 Å². The molecule has 1 heterocycles. The predicted molar refractivity (Wildman–Crippen MR) is 93.8 cm³/mol. The van der Waals surface area contributed by atoms with Gasteiger partial charge in [0.25, 0.3) is 5.91 Å². The number of alkyl halides is 3. The lowest BCUT2D eigenvalue weighted by Crippen LogP contribution is -2.26. The van der Waals surface area contributed by atoms with Crippen molar-refractivity contribution in [3.05, 3.63) is 65.0 Å². The number of ether oxygens (including phenoxy) is 1. The Bertz CT molecular complexity index is 957. The maximum atomic E-state index is 12.2. The van der Waals surface area contributed by atoms with Crippen LogP contribution in [-0.4, -0.2) is 22.5 Å². The minimum atomic E-state index is -4.77. The molecular formula is C18H13ClF3N3O3. The van der Waals surface area contributed by atoms with Gasteiger partial charge in [0.2, 0.25) is 11.8 Å². The van der Waals surface area contributed by atoms with Crippen molar-refractivity contribution in [1.29, 1.82) is 0 Å². The van der Waals surface area contributed by atoms with Gasteiger partial charge in [-0.05, 0) is 55.5 Å². The third kappa shape index (κ3) is 5.01. The Labute approximate surface area is 162 Å². The maximum Gasteiger partial charge on any atom is 0.573 e. The van der Waals surface area contributed by atoms with E-state index in [1.54, 1.807) is 31.2 Å². The van der Waals surface area contributed by atoms with Crippen LogP contribution in [0.4, 0.5) is 13.2 Å². The molecule has 2 aromatic carbocycles. The Morgan fingerprint density at radius 3 is 2.36 bits per heavy atom. The predicted octanol–water partition coefficient (Wildman–Crippen LogP) is 4.78. The van der Waals surface area contributed by atoms with E-state index in [0.717, 1.165) is 12.1 Å². The van der Waals surface area contributed by atoms with Crippen LogP contribution in [0, 0.1) is 0 Å². The smallest absolute Gasteiger partial charge is 0.418 e. The zero-order valence-corrected chi connectivity index (χ0v) is 15.1. The molecule has 1 amide bonds. The van der Waals surface area contributed by atoms with Crippen LogP contribution < -0.4 is 10.1 Å². The number of halogens is 4. The second-order valence-corrected chi connectivity index (χ2v) is 6.16. The average molecular weight is 412 g/mol. The molecule has 10 heteroatoms. The van der Waals surface area contributed by atoms with Gasteiger partial charge in [0.05, 0.1) is 0 Å². The van der Waals surface area contributed by atoms with Gasteiger partial charge in [0.15, 0.2) is 0 Å². The number of hydrogen-bond acceptors (Lipinski definition) is 5. The first-order valence-corrected chi connectivity index (χ1v) is 8.35. The van der Waals surface area contributed by atoms with E-state index in [1.807, 2.05) is 0 Å². The van der Waals surface area contributed by atoms with Gasteiger partial charge in [0.1, 0.15) is 11.8 Å². The lowest BCUT2D eigenvalue weighted by atomic mass is 10.2. The first-order valence-electron chi connectivity index (χ1n) is 7.97. The zero-order chi connectivity index (χ0) is 20.3. The fraction of sp³-hybridized carbons (Fsp3) is 0.167. The quantitative estimate of drug-likeness (QED) is 0.653. The highest BCUT2D eigenvalue weighted by atomic mass is 35.5. The van der Waals surface area contributed by atoms with Crippen molar-refractivity contribution < 1.29 is 27.1 Å². The van der Waals surface area contributed by atoms with Gasteiger partial charge in [-0.1, -0.05) is 11.6 Å². The van der Waals surface area contributed by atoms with E-state index >= 15 is 0 Å². The summed E-state index contributed by atoms with van der Waals surface area (Å²) in [6.45, 7) is 1.66. The van der Waals surface area contributed by atoms with Crippen molar-refractivity contribution in [2.45, 2.75) is 19.3 Å². The van der Waals surface area contributed by atoms with E-state index in [0.29, 0.717) is 16.1 Å². The summed E-state index contributed by atoms with van der Waals surface area (Å²) in [5, 5.41) is 10.9. The highest BCUT2D eigenvalue weighted by Crippen LogP contribution is 2.26. The first kappa shape index (κ1) is 19.7. The summed E-state index contributed by atoms with van der Waals surface area (Å²) in [6, 6.07) is 10.7. The van der Waals surface area contributed by atoms with Crippen LogP contribution >= 0.6 is 11.6 Å². The van der Waals surface area contributed by atoms with E-state index in [2.05, 4.69) is 20.3 Å². The molecule has 0 unspecified atom stereocenters. The molecule has 0 saturated heterocycles. The molecule has 0 spiro atoms. The third-order valence-corrected chi connectivity index (χ3v) is 3.85. The summed E-state index contributed by atoms with van der Waals surface area (Å²) in [5.74, 6) is -0.466. The van der Waals surface area contributed by atoms with Crippen LogP contribution in [0.1, 0.15) is 29.2 Å². The highest BCUT2D eigenvalue weighted by Gasteiger charge is 2.31. The summed E-state index contributed by atoms with van der Waals surface area (Å²) >= 11 is 5.79. The number of aromatic nitrogens is 2. The fourth-order valence-electron chi connectivity index (χ4n) is 2.27. The van der Waals surface area contributed by atoms with Crippen molar-refractivity contribution in [3.8, 4) is 17.2 Å². The highest BCUT2D eigenvalue weighted by molar-refractivity contribution is 6.30. The number of rotatable bonds is 5. The Morgan fingerprint density at radius 1 is 1.11 bits per heavy atom. The molecule has 3 aromatic rings. The van der Waals surface area contributed by atoms with Gasteiger partial charge >= 0.3 is 6.36 Å². The van der Waals surface area contributed by atoms with Gasteiger partial charge in [-0.2, -0.15) is 0 Å². The van der Waals surface area contributed by atoms with Gasteiger partial charge in [-0.15, -0.1) is 23.4 Å². The van der Waals surface area contributed by atoms with Crippen LogP contribution in [0.15, 0.2) is 52.9 Å². The Morgan fingerprint density at radius 2 is 1.75 bits per heavy atom. The summed E-state index contributed by atoms with van der Waals surface area (Å²) in [7, 11) is 0. The van der Waals surface area contributed by atoms with E-state index in [9.17, 15) is 18.0 Å². The lowest BCUT2D eigenvalue weighted by Gasteiger charge is -2.10. The lowest BCUT2D eigenvalue weighted by molar-refractivity contribution is -0.274. The molecule has 0 fully saturated rings. The molecule has 0 bridgehead atoms. The summed E-state index contributed by atoms with van der Waals surface area (Å²) in [6.07, 6.45) is -4.77. The SMILES string of the molecule is C[C@@H](NC(=O)c1ccc(Cl)cc1)c1nnc(-c2ccc(OC(F)(F)F)cc2)o1. The molecule has 1 atom stereocenters. The number of amides is 1. The van der Waals surface area contributed by atoms with Crippen molar-refractivity contribution in [2.75, 3.05) is 0 Å². The fourth-order valence-corrected chi connectivity index (χ4v) is 2.39. The second kappa shape index (κ2) is 7.89. The maximum absolute atomic E-state index is 12.2. The Balaban J connectivity index is 1.67.